The average molecular weight is 242 g/mol. The third-order valence-electron chi connectivity index (χ3n) is 2.33. The standard InChI is InChI=1S/C9H14N4O4/c1-6-11-9(13(16)17)8(12(6)2)10-5-3-4-7(14)15/h10H,3-5H2,1-2H3,(H,14,15). The molecule has 8 nitrogen and oxygen atoms in total. The Kier molecular flexibility index (Phi) is 4.02. The molecular formula is C9H14N4O4. The topological polar surface area (TPSA) is 110 Å². The quantitative estimate of drug-likeness (QED) is 0.436. The summed E-state index contributed by atoms with van der Waals surface area (Å²) in [7, 11) is 1.66. The van der Waals surface area contributed by atoms with Gasteiger partial charge in [0, 0.05) is 26.9 Å². The first kappa shape index (κ1) is 12.9. The van der Waals surface area contributed by atoms with Crippen LogP contribution in [0.15, 0.2) is 0 Å². The zero-order valence-corrected chi connectivity index (χ0v) is 9.63. The van der Waals surface area contributed by atoms with Crippen LogP contribution in [0, 0.1) is 17.0 Å². The number of carboxylic acids is 1. The van der Waals surface area contributed by atoms with Gasteiger partial charge in [0.05, 0.1) is 0 Å². The molecule has 94 valence electrons. The van der Waals surface area contributed by atoms with Gasteiger partial charge in [0.1, 0.15) is 0 Å². The first-order chi connectivity index (χ1) is 7.93. The van der Waals surface area contributed by atoms with Gasteiger partial charge in [-0.15, -0.1) is 0 Å². The summed E-state index contributed by atoms with van der Waals surface area (Å²) in [5, 5.41) is 22.0. The highest BCUT2D eigenvalue weighted by atomic mass is 16.6. The van der Waals surface area contributed by atoms with E-state index in [2.05, 4.69) is 10.3 Å². The summed E-state index contributed by atoms with van der Waals surface area (Å²) < 4.78 is 1.57. The van der Waals surface area contributed by atoms with Crippen molar-refractivity contribution in [1.82, 2.24) is 9.55 Å². The van der Waals surface area contributed by atoms with E-state index >= 15 is 0 Å². The Balaban J connectivity index is 2.69. The Morgan fingerprint density at radius 2 is 2.29 bits per heavy atom. The van der Waals surface area contributed by atoms with Gasteiger partial charge in [0.15, 0.2) is 0 Å². The lowest BCUT2D eigenvalue weighted by molar-refractivity contribution is -0.388. The number of hydrogen-bond acceptors (Lipinski definition) is 5. The first-order valence-electron chi connectivity index (χ1n) is 5.07. The maximum atomic E-state index is 10.7. The molecule has 0 atom stereocenters. The Morgan fingerprint density at radius 1 is 1.65 bits per heavy atom. The van der Waals surface area contributed by atoms with Gasteiger partial charge in [-0.3, -0.25) is 9.36 Å². The zero-order chi connectivity index (χ0) is 13.0. The number of carboxylic acid groups (broad SMARTS) is 1. The van der Waals surface area contributed by atoms with Gasteiger partial charge < -0.3 is 20.5 Å². The SMILES string of the molecule is Cc1nc([N+](=O)[O-])c(NCCCC(=O)O)n1C. The molecule has 0 aliphatic heterocycles. The van der Waals surface area contributed by atoms with Gasteiger partial charge >= 0.3 is 11.8 Å². The number of aliphatic carboxylic acids is 1. The molecule has 8 heteroatoms. The van der Waals surface area contributed by atoms with Crippen molar-refractivity contribution in [3.05, 3.63) is 15.9 Å². The number of nitrogens with one attached hydrogen (secondary N) is 1. The molecule has 1 heterocycles. The molecule has 0 aromatic carbocycles. The van der Waals surface area contributed by atoms with Crippen LogP contribution in [-0.2, 0) is 11.8 Å². The summed E-state index contributed by atoms with van der Waals surface area (Å²) >= 11 is 0. The van der Waals surface area contributed by atoms with E-state index in [1.54, 1.807) is 18.5 Å². The van der Waals surface area contributed by atoms with E-state index in [0.717, 1.165) is 0 Å². The van der Waals surface area contributed by atoms with Crippen LogP contribution in [0.2, 0.25) is 0 Å². The van der Waals surface area contributed by atoms with Crippen LogP contribution in [0.3, 0.4) is 0 Å². The number of aromatic nitrogens is 2. The molecule has 1 rings (SSSR count). The first-order valence-corrected chi connectivity index (χ1v) is 5.07. The summed E-state index contributed by atoms with van der Waals surface area (Å²) in [5.74, 6) is -0.293. The normalized spacial score (nSPS) is 10.2. The molecule has 1 aromatic rings. The molecule has 1 aromatic heterocycles. The van der Waals surface area contributed by atoms with Gasteiger partial charge in [0.2, 0.25) is 11.6 Å². The summed E-state index contributed by atoms with van der Waals surface area (Å²) in [6.07, 6.45) is 0.425. The van der Waals surface area contributed by atoms with Crippen molar-refractivity contribution >= 4 is 17.6 Å². The number of hydrogen-bond donors (Lipinski definition) is 2. The average Bonchev–Trinajstić information content (AvgIpc) is 2.51. The van der Waals surface area contributed by atoms with Crippen LogP contribution in [-0.4, -0.2) is 32.1 Å². The predicted molar refractivity (Wildman–Crippen MR) is 60.0 cm³/mol. The highest BCUT2D eigenvalue weighted by molar-refractivity contribution is 5.66. The Morgan fingerprint density at radius 3 is 2.82 bits per heavy atom. The number of carbonyl (C=O) groups is 1. The Labute approximate surface area is 97.4 Å². The van der Waals surface area contributed by atoms with E-state index in [9.17, 15) is 14.9 Å². The smallest absolute Gasteiger partial charge is 0.406 e. The minimum absolute atomic E-state index is 0.0254. The highest BCUT2D eigenvalue weighted by Crippen LogP contribution is 2.23. The van der Waals surface area contributed by atoms with E-state index in [0.29, 0.717) is 24.6 Å². The van der Waals surface area contributed by atoms with E-state index in [-0.39, 0.29) is 12.2 Å². The van der Waals surface area contributed by atoms with Crippen molar-refractivity contribution in [2.45, 2.75) is 19.8 Å². The van der Waals surface area contributed by atoms with Gasteiger partial charge in [0.25, 0.3) is 0 Å². The van der Waals surface area contributed by atoms with Crippen LogP contribution in [0.4, 0.5) is 11.6 Å². The number of anilines is 1. The van der Waals surface area contributed by atoms with Gasteiger partial charge in [-0.25, -0.2) is 0 Å². The van der Waals surface area contributed by atoms with Crippen LogP contribution in [0.5, 0.6) is 0 Å². The molecule has 0 aliphatic carbocycles. The van der Waals surface area contributed by atoms with Crippen molar-refractivity contribution in [2.24, 2.45) is 7.05 Å². The van der Waals surface area contributed by atoms with Crippen molar-refractivity contribution in [3.63, 3.8) is 0 Å². The second kappa shape index (κ2) is 5.28. The summed E-state index contributed by atoms with van der Waals surface area (Å²) in [4.78, 5) is 24.3. The third kappa shape index (κ3) is 3.16. The number of imidazole rings is 1. The fourth-order valence-corrected chi connectivity index (χ4v) is 1.36. The number of nitro groups is 1. The molecule has 0 amide bonds. The summed E-state index contributed by atoms with van der Waals surface area (Å²) in [6, 6.07) is 0. The molecule has 2 N–H and O–H groups in total. The number of nitrogens with zero attached hydrogens (tertiary/aromatic N) is 3. The molecule has 0 aliphatic rings. The molecular weight excluding hydrogens is 228 g/mol. The fourth-order valence-electron chi connectivity index (χ4n) is 1.36. The van der Waals surface area contributed by atoms with E-state index in [1.165, 1.54) is 0 Å². The molecule has 0 unspecified atom stereocenters. The van der Waals surface area contributed by atoms with Crippen molar-refractivity contribution in [1.29, 1.82) is 0 Å². The van der Waals surface area contributed by atoms with Crippen molar-refractivity contribution < 1.29 is 14.8 Å². The van der Waals surface area contributed by atoms with Gasteiger partial charge in [-0.1, -0.05) is 0 Å². The second-order valence-electron chi connectivity index (χ2n) is 3.57. The lowest BCUT2D eigenvalue weighted by atomic mass is 10.3. The summed E-state index contributed by atoms with van der Waals surface area (Å²) in [5.41, 5.74) is 0. The minimum atomic E-state index is -0.887. The molecule has 0 spiro atoms. The molecule has 17 heavy (non-hydrogen) atoms. The van der Waals surface area contributed by atoms with Gasteiger partial charge in [-0.2, -0.15) is 0 Å². The van der Waals surface area contributed by atoms with Gasteiger partial charge in [-0.05, 0) is 16.3 Å². The lowest BCUT2D eigenvalue weighted by Gasteiger charge is -2.05. The minimum Gasteiger partial charge on any atom is -0.481 e. The number of rotatable bonds is 6. The molecule has 0 bridgehead atoms. The fraction of sp³-hybridized carbons (Fsp3) is 0.556. The maximum absolute atomic E-state index is 10.7. The zero-order valence-electron chi connectivity index (χ0n) is 9.63. The largest absolute Gasteiger partial charge is 0.481 e. The highest BCUT2D eigenvalue weighted by Gasteiger charge is 2.22. The second-order valence-corrected chi connectivity index (χ2v) is 3.57. The molecule has 0 fully saturated rings. The van der Waals surface area contributed by atoms with Crippen LogP contribution in [0.1, 0.15) is 18.7 Å². The molecule has 0 saturated heterocycles. The number of aryl methyl sites for hydroxylation is 1. The van der Waals surface area contributed by atoms with E-state index in [1.807, 2.05) is 0 Å². The Hall–Kier alpha value is -2.12. The van der Waals surface area contributed by atoms with Crippen LogP contribution in [0.25, 0.3) is 0 Å². The lowest BCUT2D eigenvalue weighted by Crippen LogP contribution is -2.09. The van der Waals surface area contributed by atoms with Crippen molar-refractivity contribution in [2.75, 3.05) is 11.9 Å². The third-order valence-corrected chi connectivity index (χ3v) is 2.33. The molecule has 0 radical (unpaired) electrons. The monoisotopic (exact) mass is 242 g/mol. The van der Waals surface area contributed by atoms with E-state index in [4.69, 9.17) is 5.11 Å². The van der Waals surface area contributed by atoms with Crippen LogP contribution < -0.4 is 5.32 Å². The maximum Gasteiger partial charge on any atom is 0.406 e. The van der Waals surface area contributed by atoms with Crippen LogP contribution >= 0.6 is 0 Å². The Bertz CT molecular complexity index is 440. The van der Waals surface area contributed by atoms with Crippen molar-refractivity contribution in [3.8, 4) is 0 Å². The predicted octanol–water partition coefficient (Wildman–Crippen LogP) is 0.913. The summed E-state index contributed by atoms with van der Waals surface area (Å²) in [6.45, 7) is 2.02. The molecule has 0 saturated carbocycles. The van der Waals surface area contributed by atoms with E-state index < -0.39 is 10.9 Å².